The summed E-state index contributed by atoms with van der Waals surface area (Å²) in [4.78, 5) is 24.4. The van der Waals surface area contributed by atoms with Gasteiger partial charge in [0.15, 0.2) is 0 Å². The highest BCUT2D eigenvalue weighted by molar-refractivity contribution is 5.91. The third-order valence-electron chi connectivity index (χ3n) is 8.69. The first kappa shape index (κ1) is 21.2. The summed E-state index contributed by atoms with van der Waals surface area (Å²) in [6, 6.07) is 5.45. The van der Waals surface area contributed by atoms with E-state index in [9.17, 15) is 9.18 Å². The predicted octanol–water partition coefficient (Wildman–Crippen LogP) is 5.03. The molecule has 1 N–H and O–H groups in total. The number of amides is 1. The molecule has 5 aliphatic rings. The molecule has 6 heteroatoms. The Labute approximate surface area is 195 Å². The van der Waals surface area contributed by atoms with Crippen LogP contribution in [-0.2, 0) is 24.3 Å². The van der Waals surface area contributed by atoms with Crippen LogP contribution in [0.1, 0.15) is 67.3 Å². The fraction of sp³-hybridized carbons (Fsp3) is 0.593. The van der Waals surface area contributed by atoms with Gasteiger partial charge in [-0.2, -0.15) is 0 Å². The van der Waals surface area contributed by atoms with Crippen molar-refractivity contribution in [1.82, 2.24) is 14.9 Å². The zero-order valence-corrected chi connectivity index (χ0v) is 19.4. The SMILES string of the molecule is Cc1ccc(CN2CCc3c(ncnc3NC(=O)CC34CC5CC(CC(C5)C3)C4)C2)cc1F. The zero-order valence-electron chi connectivity index (χ0n) is 19.4. The normalized spacial score (nSPS) is 30.3. The molecule has 4 fully saturated rings. The number of aromatic nitrogens is 2. The molecule has 33 heavy (non-hydrogen) atoms. The number of fused-ring (bicyclic) bond motifs is 1. The summed E-state index contributed by atoms with van der Waals surface area (Å²) in [6.45, 7) is 4.00. The van der Waals surface area contributed by atoms with Gasteiger partial charge in [0.05, 0.1) is 5.69 Å². The van der Waals surface area contributed by atoms with Crippen molar-refractivity contribution in [2.75, 3.05) is 11.9 Å². The van der Waals surface area contributed by atoms with Gasteiger partial charge in [-0.05, 0) is 92.2 Å². The van der Waals surface area contributed by atoms with Crippen LogP contribution < -0.4 is 5.32 Å². The van der Waals surface area contributed by atoms with Crippen LogP contribution in [-0.4, -0.2) is 27.3 Å². The lowest BCUT2D eigenvalue weighted by molar-refractivity contribution is -0.124. The minimum absolute atomic E-state index is 0.121. The number of carbonyl (C=O) groups excluding carboxylic acids is 1. The van der Waals surface area contributed by atoms with E-state index in [4.69, 9.17) is 0 Å². The molecule has 4 saturated carbocycles. The minimum atomic E-state index is -0.156. The first-order chi connectivity index (χ1) is 15.9. The Bertz CT molecular complexity index is 1050. The maximum atomic E-state index is 13.9. The summed E-state index contributed by atoms with van der Waals surface area (Å²) in [6.07, 6.45) is 10.9. The van der Waals surface area contributed by atoms with Crippen LogP contribution in [0.2, 0.25) is 0 Å². The van der Waals surface area contributed by atoms with Gasteiger partial charge in [0.25, 0.3) is 0 Å². The average molecular weight is 449 g/mol. The van der Waals surface area contributed by atoms with Gasteiger partial charge in [0.1, 0.15) is 18.0 Å². The van der Waals surface area contributed by atoms with E-state index in [0.29, 0.717) is 30.9 Å². The summed E-state index contributed by atoms with van der Waals surface area (Å²) in [5, 5.41) is 3.17. The van der Waals surface area contributed by atoms with E-state index < -0.39 is 0 Å². The highest BCUT2D eigenvalue weighted by atomic mass is 19.1. The minimum Gasteiger partial charge on any atom is -0.310 e. The molecule has 1 aromatic carbocycles. The van der Waals surface area contributed by atoms with E-state index in [2.05, 4.69) is 20.2 Å². The second-order valence-electron chi connectivity index (χ2n) is 11.3. The molecular weight excluding hydrogens is 415 g/mol. The Hall–Kier alpha value is -2.34. The van der Waals surface area contributed by atoms with Gasteiger partial charge >= 0.3 is 0 Å². The number of nitrogens with one attached hydrogen (secondary N) is 1. The lowest BCUT2D eigenvalue weighted by Crippen LogP contribution is -2.47. The standard InChI is InChI=1S/C27H33FN4O/c1-17-2-3-18(9-23(17)28)14-32-5-4-22-24(15-32)29-16-30-26(22)31-25(33)13-27-10-19-6-20(11-27)8-21(7-19)12-27/h2-3,9,16,19-21H,4-8,10-15H2,1H3,(H,29,30,31,33). The fourth-order valence-corrected chi connectivity index (χ4v) is 7.67. The highest BCUT2D eigenvalue weighted by Crippen LogP contribution is 2.61. The predicted molar refractivity (Wildman–Crippen MR) is 125 cm³/mol. The molecule has 1 aromatic heterocycles. The molecule has 4 aliphatic carbocycles. The topological polar surface area (TPSA) is 58.1 Å². The number of carbonyl (C=O) groups is 1. The molecule has 1 aliphatic heterocycles. The number of anilines is 1. The van der Waals surface area contributed by atoms with E-state index in [1.54, 1.807) is 19.3 Å². The Morgan fingerprint density at radius 3 is 2.58 bits per heavy atom. The van der Waals surface area contributed by atoms with E-state index in [0.717, 1.165) is 47.5 Å². The monoisotopic (exact) mass is 448 g/mol. The van der Waals surface area contributed by atoms with Crippen molar-refractivity contribution < 1.29 is 9.18 Å². The van der Waals surface area contributed by atoms with Gasteiger partial charge in [-0.3, -0.25) is 9.69 Å². The quantitative estimate of drug-likeness (QED) is 0.697. The lowest BCUT2D eigenvalue weighted by Gasteiger charge is -2.56. The number of hydrogen-bond donors (Lipinski definition) is 1. The molecule has 2 heterocycles. The second kappa shape index (κ2) is 8.15. The molecule has 4 bridgehead atoms. The molecule has 5 nitrogen and oxygen atoms in total. The van der Waals surface area contributed by atoms with Crippen LogP contribution in [0.25, 0.3) is 0 Å². The summed E-state index contributed by atoms with van der Waals surface area (Å²) < 4.78 is 13.9. The highest BCUT2D eigenvalue weighted by Gasteiger charge is 2.51. The van der Waals surface area contributed by atoms with Crippen molar-refractivity contribution >= 4 is 11.7 Å². The number of nitrogens with zero attached hydrogens (tertiary/aromatic N) is 3. The number of aryl methyl sites for hydroxylation is 1. The first-order valence-corrected chi connectivity index (χ1v) is 12.5. The maximum absolute atomic E-state index is 13.9. The molecule has 0 spiro atoms. The molecule has 0 atom stereocenters. The maximum Gasteiger partial charge on any atom is 0.226 e. The van der Waals surface area contributed by atoms with E-state index in [1.165, 1.54) is 38.5 Å². The molecule has 174 valence electrons. The number of hydrogen-bond acceptors (Lipinski definition) is 4. The van der Waals surface area contributed by atoms with Crippen LogP contribution in [0, 0.1) is 35.9 Å². The van der Waals surface area contributed by atoms with E-state index in [-0.39, 0.29) is 17.1 Å². The molecule has 0 saturated heterocycles. The van der Waals surface area contributed by atoms with Crippen molar-refractivity contribution in [2.24, 2.45) is 23.2 Å². The van der Waals surface area contributed by atoms with Crippen LogP contribution in [0.5, 0.6) is 0 Å². The first-order valence-electron chi connectivity index (χ1n) is 12.5. The van der Waals surface area contributed by atoms with E-state index in [1.807, 2.05) is 12.1 Å². The number of halogens is 1. The molecule has 0 radical (unpaired) electrons. The van der Waals surface area contributed by atoms with E-state index >= 15 is 0 Å². The van der Waals surface area contributed by atoms with Crippen LogP contribution in [0.4, 0.5) is 10.2 Å². The fourth-order valence-electron chi connectivity index (χ4n) is 7.67. The molecule has 0 unspecified atom stereocenters. The van der Waals surface area contributed by atoms with Gasteiger partial charge in [-0.15, -0.1) is 0 Å². The molecule has 7 rings (SSSR count). The van der Waals surface area contributed by atoms with Crippen LogP contribution in [0.15, 0.2) is 24.5 Å². The molecule has 2 aromatic rings. The summed E-state index contributed by atoms with van der Waals surface area (Å²) in [5.41, 5.74) is 3.90. The Kier molecular flexibility index (Phi) is 5.24. The zero-order chi connectivity index (χ0) is 22.6. The third-order valence-corrected chi connectivity index (χ3v) is 8.69. The van der Waals surface area contributed by atoms with Gasteiger partial charge in [0.2, 0.25) is 5.91 Å². The third kappa shape index (κ3) is 4.18. The Morgan fingerprint density at radius 1 is 1.15 bits per heavy atom. The Balaban J connectivity index is 1.12. The molecular formula is C27H33FN4O. The van der Waals surface area contributed by atoms with Gasteiger partial charge in [0, 0.05) is 31.6 Å². The van der Waals surface area contributed by atoms with Crippen LogP contribution in [0.3, 0.4) is 0 Å². The van der Waals surface area contributed by atoms with Gasteiger partial charge in [-0.1, -0.05) is 12.1 Å². The van der Waals surface area contributed by atoms with Gasteiger partial charge < -0.3 is 5.32 Å². The summed E-state index contributed by atoms with van der Waals surface area (Å²) in [7, 11) is 0. The number of rotatable bonds is 5. The smallest absolute Gasteiger partial charge is 0.226 e. The van der Waals surface area contributed by atoms with Gasteiger partial charge in [-0.25, -0.2) is 14.4 Å². The van der Waals surface area contributed by atoms with Crippen molar-refractivity contribution in [2.45, 2.75) is 71.4 Å². The van der Waals surface area contributed by atoms with Crippen molar-refractivity contribution in [3.8, 4) is 0 Å². The second-order valence-corrected chi connectivity index (χ2v) is 11.3. The van der Waals surface area contributed by atoms with Crippen molar-refractivity contribution in [3.05, 3.63) is 52.7 Å². The number of benzene rings is 1. The Morgan fingerprint density at radius 2 is 1.88 bits per heavy atom. The average Bonchev–Trinajstić information content (AvgIpc) is 2.75. The lowest BCUT2D eigenvalue weighted by atomic mass is 9.49. The summed E-state index contributed by atoms with van der Waals surface area (Å²) >= 11 is 0. The van der Waals surface area contributed by atoms with Crippen molar-refractivity contribution in [3.63, 3.8) is 0 Å². The van der Waals surface area contributed by atoms with Crippen molar-refractivity contribution in [1.29, 1.82) is 0 Å². The molecule has 1 amide bonds. The summed E-state index contributed by atoms with van der Waals surface area (Å²) in [5.74, 6) is 3.21. The van der Waals surface area contributed by atoms with Crippen LogP contribution >= 0.6 is 0 Å². The largest absolute Gasteiger partial charge is 0.310 e.